The molecule has 0 spiro atoms. The first-order valence-corrected chi connectivity index (χ1v) is 7.56. The molecule has 1 fully saturated rings. The molecular formula is C14H28N4O2. The quantitative estimate of drug-likeness (QED) is 0.670. The van der Waals surface area contributed by atoms with Crippen LogP contribution in [0.3, 0.4) is 0 Å². The number of carbonyl (C=O) groups excluding carboxylic acids is 2. The van der Waals surface area contributed by atoms with Crippen LogP contribution in [-0.2, 0) is 4.79 Å². The van der Waals surface area contributed by atoms with E-state index in [1.54, 1.807) is 4.90 Å². The first kappa shape index (κ1) is 16.8. The molecule has 1 saturated heterocycles. The average Bonchev–Trinajstić information content (AvgIpc) is 2.90. The van der Waals surface area contributed by atoms with Crippen molar-refractivity contribution in [3.05, 3.63) is 0 Å². The molecule has 0 aromatic rings. The number of nitrogens with two attached hydrogens (primary N) is 1. The van der Waals surface area contributed by atoms with Gasteiger partial charge in [0.15, 0.2) is 0 Å². The second kappa shape index (κ2) is 7.47. The summed E-state index contributed by atoms with van der Waals surface area (Å²) >= 11 is 0. The number of hydrogen-bond donors (Lipinski definition) is 3. The standard InChI is InChI=1S/C14H28N4O2/c1-4-14(5-2,10-15)12(19)17-11-7-8-18(9-11)13(20)16-6-3/h11H,4-10,15H2,1-3H3,(H,16,20)(H,17,19). The number of likely N-dealkylation sites (tertiary alicyclic amines) is 1. The number of urea groups is 1. The minimum Gasteiger partial charge on any atom is -0.351 e. The Hall–Kier alpha value is -1.30. The van der Waals surface area contributed by atoms with Crippen LogP contribution < -0.4 is 16.4 Å². The Kier molecular flexibility index (Phi) is 6.26. The molecule has 3 amide bonds. The highest BCUT2D eigenvalue weighted by atomic mass is 16.2. The van der Waals surface area contributed by atoms with E-state index in [1.165, 1.54) is 0 Å². The second-order valence-electron chi connectivity index (χ2n) is 5.43. The summed E-state index contributed by atoms with van der Waals surface area (Å²) < 4.78 is 0. The summed E-state index contributed by atoms with van der Waals surface area (Å²) in [5, 5.41) is 5.84. The van der Waals surface area contributed by atoms with E-state index in [4.69, 9.17) is 5.73 Å². The molecule has 0 saturated carbocycles. The van der Waals surface area contributed by atoms with Crippen molar-refractivity contribution in [2.24, 2.45) is 11.1 Å². The molecule has 6 heteroatoms. The van der Waals surface area contributed by atoms with Crippen LogP contribution >= 0.6 is 0 Å². The largest absolute Gasteiger partial charge is 0.351 e. The lowest BCUT2D eigenvalue weighted by molar-refractivity contribution is -0.131. The monoisotopic (exact) mass is 284 g/mol. The summed E-state index contributed by atoms with van der Waals surface area (Å²) in [6, 6.07) is -0.0190. The highest BCUT2D eigenvalue weighted by molar-refractivity contribution is 5.83. The van der Waals surface area contributed by atoms with E-state index in [9.17, 15) is 9.59 Å². The van der Waals surface area contributed by atoms with E-state index in [0.29, 0.717) is 26.2 Å². The number of nitrogens with zero attached hydrogens (tertiary/aromatic N) is 1. The van der Waals surface area contributed by atoms with Crippen LogP contribution in [0, 0.1) is 5.41 Å². The lowest BCUT2D eigenvalue weighted by Crippen LogP contribution is -2.50. The number of amides is 3. The van der Waals surface area contributed by atoms with Crippen molar-refractivity contribution >= 4 is 11.9 Å². The molecule has 1 rings (SSSR count). The maximum atomic E-state index is 12.4. The van der Waals surface area contributed by atoms with Crippen molar-refractivity contribution in [3.8, 4) is 0 Å². The van der Waals surface area contributed by atoms with Gasteiger partial charge in [0.1, 0.15) is 0 Å². The van der Waals surface area contributed by atoms with Crippen molar-refractivity contribution in [3.63, 3.8) is 0 Å². The van der Waals surface area contributed by atoms with E-state index < -0.39 is 5.41 Å². The number of rotatable bonds is 6. The second-order valence-corrected chi connectivity index (χ2v) is 5.43. The molecule has 1 aliphatic heterocycles. The Labute approximate surface area is 121 Å². The van der Waals surface area contributed by atoms with E-state index in [-0.39, 0.29) is 18.0 Å². The fourth-order valence-electron chi connectivity index (χ4n) is 2.62. The van der Waals surface area contributed by atoms with Crippen molar-refractivity contribution in [1.29, 1.82) is 0 Å². The van der Waals surface area contributed by atoms with Crippen molar-refractivity contribution < 1.29 is 9.59 Å². The maximum absolute atomic E-state index is 12.4. The van der Waals surface area contributed by atoms with Gasteiger partial charge in [0.25, 0.3) is 0 Å². The molecule has 4 N–H and O–H groups in total. The van der Waals surface area contributed by atoms with Crippen LogP contribution in [0.1, 0.15) is 40.0 Å². The summed E-state index contributed by atoms with van der Waals surface area (Å²) in [6.45, 7) is 8.12. The fourth-order valence-corrected chi connectivity index (χ4v) is 2.62. The van der Waals surface area contributed by atoms with E-state index in [0.717, 1.165) is 19.3 Å². The summed E-state index contributed by atoms with van der Waals surface area (Å²) in [6.07, 6.45) is 2.27. The van der Waals surface area contributed by atoms with Crippen LogP contribution in [-0.4, -0.2) is 49.1 Å². The first-order valence-electron chi connectivity index (χ1n) is 7.56. The summed E-state index contributed by atoms with van der Waals surface area (Å²) in [4.78, 5) is 25.9. The SMILES string of the molecule is CCNC(=O)N1CCC(NC(=O)C(CC)(CC)CN)C1. The van der Waals surface area contributed by atoms with Crippen molar-refractivity contribution in [2.45, 2.75) is 46.1 Å². The Morgan fingerprint density at radius 3 is 2.45 bits per heavy atom. The van der Waals surface area contributed by atoms with Gasteiger partial charge in [-0.1, -0.05) is 13.8 Å². The first-order chi connectivity index (χ1) is 9.52. The van der Waals surface area contributed by atoms with E-state index >= 15 is 0 Å². The van der Waals surface area contributed by atoms with Crippen LogP contribution in [0.5, 0.6) is 0 Å². The highest BCUT2D eigenvalue weighted by Gasteiger charge is 2.36. The molecule has 116 valence electrons. The normalized spacial score (nSPS) is 19.0. The van der Waals surface area contributed by atoms with Crippen LogP contribution in [0.15, 0.2) is 0 Å². The van der Waals surface area contributed by atoms with Crippen LogP contribution in [0.4, 0.5) is 4.79 Å². The predicted molar refractivity (Wildman–Crippen MR) is 79.3 cm³/mol. The summed E-state index contributed by atoms with van der Waals surface area (Å²) in [7, 11) is 0. The number of nitrogens with one attached hydrogen (secondary N) is 2. The van der Waals surface area contributed by atoms with Gasteiger partial charge in [-0.3, -0.25) is 4.79 Å². The molecule has 0 aromatic carbocycles. The molecule has 20 heavy (non-hydrogen) atoms. The Bertz CT molecular complexity index is 334. The minimum atomic E-state index is -0.473. The van der Waals surface area contributed by atoms with E-state index in [2.05, 4.69) is 10.6 Å². The number of carbonyl (C=O) groups is 2. The fraction of sp³-hybridized carbons (Fsp3) is 0.857. The minimum absolute atomic E-state index is 0.0211. The van der Waals surface area contributed by atoms with Gasteiger partial charge in [0.2, 0.25) is 5.91 Å². The van der Waals surface area contributed by atoms with E-state index in [1.807, 2.05) is 20.8 Å². The van der Waals surface area contributed by atoms with Gasteiger partial charge in [-0.25, -0.2) is 4.79 Å². The van der Waals surface area contributed by atoms with Gasteiger partial charge in [-0.15, -0.1) is 0 Å². The van der Waals surface area contributed by atoms with Gasteiger partial charge in [-0.05, 0) is 26.2 Å². The lowest BCUT2D eigenvalue weighted by Gasteiger charge is -2.30. The third-order valence-corrected chi connectivity index (χ3v) is 4.36. The molecule has 0 bridgehead atoms. The van der Waals surface area contributed by atoms with Gasteiger partial charge in [0.05, 0.1) is 5.41 Å². The third kappa shape index (κ3) is 3.62. The molecule has 0 aliphatic carbocycles. The number of hydrogen-bond acceptors (Lipinski definition) is 3. The lowest BCUT2D eigenvalue weighted by atomic mass is 9.81. The average molecular weight is 284 g/mol. The Morgan fingerprint density at radius 1 is 1.30 bits per heavy atom. The van der Waals surface area contributed by atoms with Gasteiger partial charge in [0, 0.05) is 32.2 Å². The zero-order valence-corrected chi connectivity index (χ0v) is 12.9. The molecule has 1 atom stereocenters. The van der Waals surface area contributed by atoms with Crippen molar-refractivity contribution in [1.82, 2.24) is 15.5 Å². The zero-order chi connectivity index (χ0) is 15.2. The molecule has 1 aliphatic rings. The molecule has 0 radical (unpaired) electrons. The zero-order valence-electron chi connectivity index (χ0n) is 12.9. The maximum Gasteiger partial charge on any atom is 0.317 e. The van der Waals surface area contributed by atoms with Crippen LogP contribution in [0.25, 0.3) is 0 Å². The molecular weight excluding hydrogens is 256 g/mol. The van der Waals surface area contributed by atoms with Gasteiger partial charge >= 0.3 is 6.03 Å². The molecule has 6 nitrogen and oxygen atoms in total. The Morgan fingerprint density at radius 2 is 1.95 bits per heavy atom. The van der Waals surface area contributed by atoms with Gasteiger partial charge < -0.3 is 21.3 Å². The Balaban J connectivity index is 2.54. The summed E-state index contributed by atoms with van der Waals surface area (Å²) in [5.41, 5.74) is 5.31. The predicted octanol–water partition coefficient (Wildman–Crippen LogP) is 0.672. The van der Waals surface area contributed by atoms with Crippen molar-refractivity contribution in [2.75, 3.05) is 26.2 Å². The molecule has 1 unspecified atom stereocenters. The van der Waals surface area contributed by atoms with Gasteiger partial charge in [-0.2, -0.15) is 0 Å². The highest BCUT2D eigenvalue weighted by Crippen LogP contribution is 2.25. The topological polar surface area (TPSA) is 87.5 Å². The molecule has 1 heterocycles. The summed E-state index contributed by atoms with van der Waals surface area (Å²) in [5.74, 6) is 0.0211. The van der Waals surface area contributed by atoms with Crippen LogP contribution in [0.2, 0.25) is 0 Å². The molecule has 0 aromatic heterocycles. The third-order valence-electron chi connectivity index (χ3n) is 4.36. The smallest absolute Gasteiger partial charge is 0.317 e.